The Morgan fingerprint density at radius 3 is 3.12 bits per heavy atom. The molecule has 86 valence electrons. The average molecular weight is 216 g/mol. The first-order chi connectivity index (χ1) is 7.79. The van der Waals surface area contributed by atoms with Gasteiger partial charge in [0.2, 0.25) is 0 Å². The van der Waals surface area contributed by atoms with E-state index in [0.29, 0.717) is 17.9 Å². The highest BCUT2D eigenvalue weighted by atomic mass is 16.5. The van der Waals surface area contributed by atoms with Crippen LogP contribution in [0.25, 0.3) is 0 Å². The van der Waals surface area contributed by atoms with Gasteiger partial charge in [-0.05, 0) is 43.8 Å². The molecule has 1 fully saturated rings. The molecule has 0 saturated carbocycles. The van der Waals surface area contributed by atoms with E-state index in [1.54, 1.807) is 11.1 Å². The molecular weight excluding hydrogens is 196 g/mol. The zero-order chi connectivity index (χ0) is 11.1. The summed E-state index contributed by atoms with van der Waals surface area (Å²) >= 11 is 0. The quantitative estimate of drug-likeness (QED) is 0.602. The third-order valence-electron chi connectivity index (χ3n) is 4.08. The van der Waals surface area contributed by atoms with Gasteiger partial charge in [0.25, 0.3) is 0 Å². The maximum absolute atomic E-state index is 6.09. The lowest BCUT2D eigenvalue weighted by Gasteiger charge is -2.23. The van der Waals surface area contributed by atoms with Crippen molar-refractivity contribution in [3.63, 3.8) is 0 Å². The molecule has 0 radical (unpaired) electrons. The molecule has 1 nitrogen and oxygen atoms in total. The number of allylic oxidation sites excluding steroid dienone is 4. The molecule has 0 amide bonds. The van der Waals surface area contributed by atoms with Gasteiger partial charge in [-0.15, -0.1) is 0 Å². The van der Waals surface area contributed by atoms with E-state index in [4.69, 9.17) is 4.74 Å². The van der Waals surface area contributed by atoms with Crippen LogP contribution in [0.4, 0.5) is 0 Å². The van der Waals surface area contributed by atoms with Crippen molar-refractivity contribution in [3.8, 4) is 0 Å². The Morgan fingerprint density at radius 2 is 2.31 bits per heavy atom. The van der Waals surface area contributed by atoms with Crippen LogP contribution in [-0.4, -0.2) is 6.10 Å². The van der Waals surface area contributed by atoms with Crippen LogP contribution in [0.3, 0.4) is 0 Å². The summed E-state index contributed by atoms with van der Waals surface area (Å²) in [7, 11) is 0. The van der Waals surface area contributed by atoms with E-state index in [-0.39, 0.29) is 0 Å². The van der Waals surface area contributed by atoms with E-state index >= 15 is 0 Å². The van der Waals surface area contributed by atoms with Crippen molar-refractivity contribution in [1.82, 2.24) is 0 Å². The molecule has 3 rings (SSSR count). The number of hydrogen-bond acceptors (Lipinski definition) is 1. The molecule has 16 heavy (non-hydrogen) atoms. The summed E-state index contributed by atoms with van der Waals surface area (Å²) in [6.07, 6.45) is 12.1. The Bertz CT molecular complexity index is 386. The fourth-order valence-electron chi connectivity index (χ4n) is 3.34. The van der Waals surface area contributed by atoms with E-state index in [0.717, 1.165) is 0 Å². The molecule has 0 N–H and O–H groups in total. The molecule has 0 aromatic rings. The third-order valence-corrected chi connectivity index (χ3v) is 4.08. The molecule has 3 atom stereocenters. The first-order valence-electron chi connectivity index (χ1n) is 6.57. The van der Waals surface area contributed by atoms with Crippen LogP contribution < -0.4 is 0 Å². The Labute approximate surface area is 97.9 Å². The van der Waals surface area contributed by atoms with Gasteiger partial charge in [0.15, 0.2) is 0 Å². The second-order valence-electron chi connectivity index (χ2n) is 5.28. The standard InChI is InChI=1S/C15H20O/c1-3-11-8-10(2)9-14-15(11)12-6-4-5-7-13(12)16-14/h5,7,9-10,12-13H,3-4,6,8H2,1-2H3. The fourth-order valence-corrected chi connectivity index (χ4v) is 3.34. The summed E-state index contributed by atoms with van der Waals surface area (Å²) in [5, 5.41) is 0. The van der Waals surface area contributed by atoms with Crippen LogP contribution in [0.2, 0.25) is 0 Å². The molecule has 3 unspecified atom stereocenters. The van der Waals surface area contributed by atoms with Gasteiger partial charge in [0.05, 0.1) is 0 Å². The van der Waals surface area contributed by atoms with Gasteiger partial charge in [0, 0.05) is 11.5 Å². The van der Waals surface area contributed by atoms with E-state index in [9.17, 15) is 0 Å². The molecule has 1 aliphatic heterocycles. The zero-order valence-corrected chi connectivity index (χ0v) is 10.2. The highest BCUT2D eigenvalue weighted by Crippen LogP contribution is 2.46. The number of rotatable bonds is 1. The number of hydrogen-bond donors (Lipinski definition) is 0. The van der Waals surface area contributed by atoms with Crippen LogP contribution >= 0.6 is 0 Å². The van der Waals surface area contributed by atoms with Crippen molar-refractivity contribution in [1.29, 1.82) is 0 Å². The topological polar surface area (TPSA) is 9.23 Å². The summed E-state index contributed by atoms with van der Waals surface area (Å²) in [6.45, 7) is 4.57. The summed E-state index contributed by atoms with van der Waals surface area (Å²) in [4.78, 5) is 0. The minimum Gasteiger partial charge on any atom is -0.486 e. The Morgan fingerprint density at radius 1 is 1.44 bits per heavy atom. The zero-order valence-electron chi connectivity index (χ0n) is 10.2. The molecule has 0 spiro atoms. The number of fused-ring (bicyclic) bond motifs is 3. The molecule has 1 heteroatoms. The van der Waals surface area contributed by atoms with Crippen LogP contribution in [0.5, 0.6) is 0 Å². The highest BCUT2D eigenvalue weighted by Gasteiger charge is 2.39. The molecular formula is C15H20O. The van der Waals surface area contributed by atoms with Crippen LogP contribution in [0, 0.1) is 11.8 Å². The van der Waals surface area contributed by atoms with E-state index < -0.39 is 0 Å². The third kappa shape index (κ3) is 1.45. The van der Waals surface area contributed by atoms with Gasteiger partial charge in [-0.2, -0.15) is 0 Å². The van der Waals surface area contributed by atoms with Crippen molar-refractivity contribution in [2.45, 2.75) is 45.6 Å². The predicted molar refractivity (Wildman–Crippen MR) is 65.9 cm³/mol. The Hall–Kier alpha value is -0.980. The average Bonchev–Trinajstić information content (AvgIpc) is 2.65. The van der Waals surface area contributed by atoms with Crippen LogP contribution in [-0.2, 0) is 4.74 Å². The fraction of sp³-hybridized carbons (Fsp3) is 0.600. The van der Waals surface area contributed by atoms with E-state index in [2.05, 4.69) is 32.1 Å². The van der Waals surface area contributed by atoms with Gasteiger partial charge in [-0.1, -0.05) is 25.5 Å². The van der Waals surface area contributed by atoms with Gasteiger partial charge in [0.1, 0.15) is 11.9 Å². The Kier molecular flexibility index (Phi) is 2.42. The van der Waals surface area contributed by atoms with E-state index in [1.165, 1.54) is 31.4 Å². The first kappa shape index (κ1) is 10.2. The molecule has 3 aliphatic rings. The summed E-state index contributed by atoms with van der Waals surface area (Å²) in [6, 6.07) is 0. The molecule has 0 aromatic carbocycles. The van der Waals surface area contributed by atoms with Crippen LogP contribution in [0.1, 0.15) is 39.5 Å². The highest BCUT2D eigenvalue weighted by molar-refractivity contribution is 5.43. The van der Waals surface area contributed by atoms with Crippen molar-refractivity contribution in [2.75, 3.05) is 0 Å². The summed E-state index contributed by atoms with van der Waals surface area (Å²) in [5.41, 5.74) is 3.21. The van der Waals surface area contributed by atoms with Gasteiger partial charge >= 0.3 is 0 Å². The Balaban J connectivity index is 2.03. The maximum Gasteiger partial charge on any atom is 0.124 e. The smallest absolute Gasteiger partial charge is 0.124 e. The maximum atomic E-state index is 6.09. The van der Waals surface area contributed by atoms with Crippen molar-refractivity contribution < 1.29 is 4.74 Å². The summed E-state index contributed by atoms with van der Waals surface area (Å²) < 4.78 is 6.09. The van der Waals surface area contributed by atoms with Crippen molar-refractivity contribution in [2.24, 2.45) is 11.8 Å². The minimum absolute atomic E-state index is 0.335. The first-order valence-corrected chi connectivity index (χ1v) is 6.57. The molecule has 2 aliphatic carbocycles. The van der Waals surface area contributed by atoms with Crippen LogP contribution in [0.15, 0.2) is 35.1 Å². The lowest BCUT2D eigenvalue weighted by molar-refractivity contribution is 0.164. The second-order valence-corrected chi connectivity index (χ2v) is 5.28. The van der Waals surface area contributed by atoms with Gasteiger partial charge in [-0.3, -0.25) is 0 Å². The largest absolute Gasteiger partial charge is 0.486 e. The van der Waals surface area contributed by atoms with Crippen molar-refractivity contribution in [3.05, 3.63) is 35.1 Å². The molecule has 0 aromatic heterocycles. The molecule has 1 heterocycles. The SMILES string of the molecule is CCC1=C2C(=CC(C)C1)OC1C=CCCC21. The normalized spacial score (nSPS) is 36.6. The minimum atomic E-state index is 0.335. The van der Waals surface area contributed by atoms with E-state index in [1.807, 2.05) is 0 Å². The van der Waals surface area contributed by atoms with Gasteiger partial charge < -0.3 is 4.74 Å². The molecule has 1 saturated heterocycles. The summed E-state index contributed by atoms with van der Waals surface area (Å²) in [5.74, 6) is 2.51. The lowest BCUT2D eigenvalue weighted by Crippen LogP contribution is -2.18. The van der Waals surface area contributed by atoms with Gasteiger partial charge in [-0.25, -0.2) is 0 Å². The van der Waals surface area contributed by atoms with Crippen molar-refractivity contribution >= 4 is 0 Å². The second kappa shape index (κ2) is 3.80. The monoisotopic (exact) mass is 216 g/mol. The predicted octanol–water partition coefficient (Wildman–Crippen LogP) is 3.98. The molecule has 0 bridgehead atoms. The lowest BCUT2D eigenvalue weighted by atomic mass is 9.79. The number of ether oxygens (including phenoxy) is 1.